The van der Waals surface area contributed by atoms with E-state index in [0.717, 1.165) is 22.3 Å². The summed E-state index contributed by atoms with van der Waals surface area (Å²) in [5.41, 5.74) is 3.74. The van der Waals surface area contributed by atoms with E-state index in [1.54, 1.807) is 0 Å². The Morgan fingerprint density at radius 2 is 0.906 bits per heavy atom. The maximum Gasteiger partial charge on any atom is 0.321 e. The first-order valence-electron chi connectivity index (χ1n) is 17.9. The lowest BCUT2D eigenvalue weighted by Gasteiger charge is -2.48. The Labute approximate surface area is 315 Å². The predicted octanol–water partition coefficient (Wildman–Crippen LogP) is 6.35. The zero-order valence-corrected chi connectivity index (χ0v) is 30.6. The number of esters is 1. The second kappa shape index (κ2) is 19.6. The molecule has 282 valence electrons. The minimum atomic E-state index is -1.44. The highest BCUT2D eigenvalue weighted by Crippen LogP contribution is 2.35. The smallest absolute Gasteiger partial charge is 0.321 e. The molecule has 0 unspecified atom stereocenters. The minimum Gasteiger partial charge on any atom is -0.453 e. The molecule has 4 aromatic rings. The summed E-state index contributed by atoms with van der Waals surface area (Å²) in [5, 5.41) is 11.5. The number of carbonyl (C=O) groups is 1. The highest BCUT2D eigenvalue weighted by molar-refractivity contribution is 6.26. The Kier molecular flexibility index (Phi) is 14.4. The molecular formula is C42H47ClO10. The second-order valence-electron chi connectivity index (χ2n) is 13.2. The van der Waals surface area contributed by atoms with E-state index in [1.165, 1.54) is 0 Å². The highest BCUT2D eigenvalue weighted by atomic mass is 35.5. The Balaban J connectivity index is 1.29. The number of aliphatic hydroxyl groups excluding tert-OH is 1. The third kappa shape index (κ3) is 10.7. The van der Waals surface area contributed by atoms with E-state index in [-0.39, 0.29) is 26.4 Å². The van der Waals surface area contributed by atoms with Crippen molar-refractivity contribution in [2.45, 2.75) is 102 Å². The van der Waals surface area contributed by atoms with Crippen LogP contribution in [0.25, 0.3) is 0 Å². The molecule has 0 bridgehead atoms. The van der Waals surface area contributed by atoms with Crippen molar-refractivity contribution in [3.63, 3.8) is 0 Å². The van der Waals surface area contributed by atoms with Crippen LogP contribution in [0, 0.1) is 0 Å². The molecule has 11 heteroatoms. The van der Waals surface area contributed by atoms with E-state index in [2.05, 4.69) is 0 Å². The van der Waals surface area contributed by atoms with Gasteiger partial charge in [0.25, 0.3) is 0 Å². The van der Waals surface area contributed by atoms with Crippen LogP contribution >= 0.6 is 11.6 Å². The molecule has 2 saturated heterocycles. The topological polar surface area (TPSA) is 111 Å². The summed E-state index contributed by atoms with van der Waals surface area (Å²) in [6, 6.07) is 38.8. The number of rotatable bonds is 16. The number of carbonyl (C=O) groups excluding carboxylic acids is 1. The van der Waals surface area contributed by atoms with Crippen molar-refractivity contribution >= 4 is 17.6 Å². The summed E-state index contributed by atoms with van der Waals surface area (Å²) in [6.07, 6.45) is -9.21. The van der Waals surface area contributed by atoms with Gasteiger partial charge in [-0.25, -0.2) is 0 Å². The van der Waals surface area contributed by atoms with Crippen LogP contribution in [0.3, 0.4) is 0 Å². The molecule has 10 nitrogen and oxygen atoms in total. The van der Waals surface area contributed by atoms with Crippen LogP contribution in [0.4, 0.5) is 0 Å². The normalized spacial score (nSPS) is 28.7. The van der Waals surface area contributed by atoms with Crippen LogP contribution in [0.2, 0.25) is 0 Å². The number of ether oxygens (including phenoxy) is 8. The molecule has 1 N–H and O–H groups in total. The van der Waals surface area contributed by atoms with E-state index >= 15 is 0 Å². The van der Waals surface area contributed by atoms with E-state index in [0.29, 0.717) is 0 Å². The van der Waals surface area contributed by atoms with E-state index < -0.39 is 73.3 Å². The molecule has 6 rings (SSSR count). The van der Waals surface area contributed by atoms with Crippen molar-refractivity contribution in [2.24, 2.45) is 0 Å². The number of aliphatic hydroxyl groups is 1. The van der Waals surface area contributed by atoms with Crippen molar-refractivity contribution in [1.82, 2.24) is 0 Å². The quantitative estimate of drug-likeness (QED) is 0.103. The summed E-state index contributed by atoms with van der Waals surface area (Å²) < 4.78 is 51.1. The Morgan fingerprint density at radius 1 is 0.547 bits per heavy atom. The van der Waals surface area contributed by atoms with Gasteiger partial charge in [-0.3, -0.25) is 4.79 Å². The van der Waals surface area contributed by atoms with Crippen LogP contribution < -0.4 is 0 Å². The maximum absolute atomic E-state index is 12.9. The average Bonchev–Trinajstić information content (AvgIpc) is 3.19. The minimum absolute atomic E-state index is 0.190. The van der Waals surface area contributed by atoms with Crippen LogP contribution in [0.1, 0.15) is 36.1 Å². The number of benzene rings is 4. The third-order valence-corrected chi connectivity index (χ3v) is 9.50. The fourth-order valence-electron chi connectivity index (χ4n) is 6.59. The summed E-state index contributed by atoms with van der Waals surface area (Å²) in [6.45, 7) is 4.59. The molecule has 2 heterocycles. The molecule has 0 aromatic heterocycles. The molecule has 0 amide bonds. The van der Waals surface area contributed by atoms with Crippen molar-refractivity contribution < 1.29 is 47.8 Å². The van der Waals surface area contributed by atoms with Crippen molar-refractivity contribution in [3.8, 4) is 0 Å². The molecule has 2 fully saturated rings. The molecular weight excluding hydrogens is 700 g/mol. The van der Waals surface area contributed by atoms with E-state index in [9.17, 15) is 9.90 Å². The molecule has 10 atom stereocenters. The Hall–Kier alpha value is -3.68. The van der Waals surface area contributed by atoms with Gasteiger partial charge in [0.05, 0.1) is 38.6 Å². The van der Waals surface area contributed by atoms with Gasteiger partial charge in [-0.15, -0.1) is 11.6 Å². The van der Waals surface area contributed by atoms with Gasteiger partial charge in [-0.1, -0.05) is 121 Å². The summed E-state index contributed by atoms with van der Waals surface area (Å²) in [5.74, 6) is -1.11. The standard InChI is InChI=1S/C42H47ClO10/c1-28-35(46-24-30-15-7-3-8-16-30)37(48-26-32-19-11-5-12-20-32)39(41(45)50-28)53-42-40(52-34(44)23-43)38(49-27-33-21-13-6-14-22-33)36(29(2)51-42)47-25-31-17-9-4-10-18-31/h3-22,28-29,35-42,45H,23-27H2,1-2H3/t28-,29-,35-,36-,37+,38+,39+,40+,41+,42-/m0/s1. The number of hydrogen-bond donors (Lipinski definition) is 1. The first-order chi connectivity index (χ1) is 25.9. The average molecular weight is 747 g/mol. The van der Waals surface area contributed by atoms with Gasteiger partial charge in [-0.2, -0.15) is 0 Å². The van der Waals surface area contributed by atoms with Crippen molar-refractivity contribution in [3.05, 3.63) is 144 Å². The molecule has 2 aliphatic heterocycles. The van der Waals surface area contributed by atoms with Gasteiger partial charge < -0.3 is 43.0 Å². The molecule has 0 spiro atoms. The molecule has 2 aliphatic rings. The largest absolute Gasteiger partial charge is 0.453 e. The van der Waals surface area contributed by atoms with Gasteiger partial charge in [-0.05, 0) is 36.1 Å². The monoisotopic (exact) mass is 746 g/mol. The predicted molar refractivity (Wildman–Crippen MR) is 196 cm³/mol. The lowest BCUT2D eigenvalue weighted by atomic mass is 9.96. The highest BCUT2D eigenvalue weighted by Gasteiger charge is 2.53. The fourth-order valence-corrected chi connectivity index (χ4v) is 6.65. The summed E-state index contributed by atoms with van der Waals surface area (Å²) in [7, 11) is 0. The Bertz CT molecular complexity index is 1650. The van der Waals surface area contributed by atoms with Crippen LogP contribution in [-0.2, 0) is 69.1 Å². The van der Waals surface area contributed by atoms with E-state index in [1.807, 2.05) is 135 Å². The maximum atomic E-state index is 12.9. The van der Waals surface area contributed by atoms with Crippen molar-refractivity contribution in [1.29, 1.82) is 0 Å². The summed E-state index contributed by atoms with van der Waals surface area (Å²) in [4.78, 5) is 12.9. The fraction of sp³-hybridized carbons (Fsp3) is 0.405. The summed E-state index contributed by atoms with van der Waals surface area (Å²) >= 11 is 5.98. The van der Waals surface area contributed by atoms with Gasteiger partial charge in [0.15, 0.2) is 18.7 Å². The van der Waals surface area contributed by atoms with Crippen LogP contribution in [0.5, 0.6) is 0 Å². The van der Waals surface area contributed by atoms with Crippen molar-refractivity contribution in [2.75, 3.05) is 5.88 Å². The number of hydrogen-bond acceptors (Lipinski definition) is 10. The molecule has 0 radical (unpaired) electrons. The zero-order chi connectivity index (χ0) is 37.0. The number of alkyl halides is 1. The van der Waals surface area contributed by atoms with Gasteiger partial charge in [0.2, 0.25) is 0 Å². The van der Waals surface area contributed by atoms with E-state index in [4.69, 9.17) is 49.5 Å². The number of halogens is 1. The SMILES string of the molecule is C[C@@H]1O[C@@H](O)[C@H](O[C@@H]2O[C@@H](C)[C@H](OCc3ccccc3)[C@@H](OCc3ccccc3)[C@H]2OC(=O)CCl)[C@H](OCc2ccccc2)[C@H]1OCc1ccccc1. The lowest BCUT2D eigenvalue weighted by molar-refractivity contribution is -0.368. The van der Waals surface area contributed by atoms with Crippen LogP contribution in [0.15, 0.2) is 121 Å². The molecule has 0 aliphatic carbocycles. The molecule has 53 heavy (non-hydrogen) atoms. The second-order valence-corrected chi connectivity index (χ2v) is 13.4. The zero-order valence-electron chi connectivity index (χ0n) is 29.9. The lowest BCUT2D eigenvalue weighted by Crippen LogP contribution is -2.65. The molecule has 4 aromatic carbocycles. The Morgan fingerprint density at radius 3 is 1.30 bits per heavy atom. The van der Waals surface area contributed by atoms with Gasteiger partial charge in [0, 0.05) is 0 Å². The van der Waals surface area contributed by atoms with Gasteiger partial charge in [0.1, 0.15) is 36.4 Å². The third-order valence-electron chi connectivity index (χ3n) is 9.28. The van der Waals surface area contributed by atoms with Gasteiger partial charge >= 0.3 is 5.97 Å². The first-order valence-corrected chi connectivity index (χ1v) is 18.4. The van der Waals surface area contributed by atoms with Crippen LogP contribution in [-0.4, -0.2) is 78.4 Å². The first kappa shape index (κ1) is 39.0. The molecule has 0 saturated carbocycles.